The molecule has 4 N–H and O–H groups in total. The molecule has 1 aromatic carbocycles. The van der Waals surface area contributed by atoms with Crippen LogP contribution in [0.3, 0.4) is 0 Å². The third-order valence-electron chi connectivity index (χ3n) is 6.28. The van der Waals surface area contributed by atoms with Crippen molar-refractivity contribution in [3.05, 3.63) is 35.5 Å². The zero-order valence-corrected chi connectivity index (χ0v) is 18.2. The van der Waals surface area contributed by atoms with Gasteiger partial charge < -0.3 is 20.9 Å². The van der Waals surface area contributed by atoms with Crippen LogP contribution >= 0.6 is 0 Å². The molecule has 3 atom stereocenters. The van der Waals surface area contributed by atoms with Gasteiger partial charge in [-0.3, -0.25) is 14.4 Å². The van der Waals surface area contributed by atoms with Crippen molar-refractivity contribution in [2.75, 3.05) is 6.54 Å². The number of carbonyl (C=O) groups is 3. The fourth-order valence-corrected chi connectivity index (χ4v) is 4.23. The van der Waals surface area contributed by atoms with E-state index >= 15 is 0 Å². The molecule has 170 valence electrons. The Morgan fingerprint density at radius 1 is 1.12 bits per heavy atom. The van der Waals surface area contributed by atoms with E-state index in [1.165, 1.54) is 0 Å². The molecule has 1 aromatic heterocycles. The molecule has 9 nitrogen and oxygen atoms in total. The topological polar surface area (TPSA) is 151 Å². The largest absolute Gasteiger partial charge is 0.356 e. The van der Waals surface area contributed by atoms with Crippen LogP contribution in [-0.2, 0) is 9.59 Å². The number of H-pyrrole nitrogens is 1. The predicted octanol–water partition coefficient (Wildman–Crippen LogP) is 1.86. The second-order valence-corrected chi connectivity index (χ2v) is 8.86. The molecule has 0 spiro atoms. The first kappa shape index (κ1) is 22.3. The van der Waals surface area contributed by atoms with Gasteiger partial charge in [0.2, 0.25) is 11.8 Å². The highest BCUT2D eigenvalue weighted by molar-refractivity contribution is 6.00. The van der Waals surface area contributed by atoms with E-state index in [1.54, 1.807) is 24.3 Å². The van der Waals surface area contributed by atoms with Crippen LogP contribution in [0.15, 0.2) is 24.3 Å². The fraction of sp³-hybridized carbons (Fsp3) is 0.458. The van der Waals surface area contributed by atoms with Crippen molar-refractivity contribution >= 4 is 28.6 Å². The summed E-state index contributed by atoms with van der Waals surface area (Å²) in [6, 6.07) is 9.35. The monoisotopic (exact) mass is 446 g/mol. The van der Waals surface area contributed by atoms with Gasteiger partial charge in [0.15, 0.2) is 0 Å². The molecule has 4 rings (SSSR count). The minimum absolute atomic E-state index is 0.0862. The molecular formula is C24H26N6O3. The summed E-state index contributed by atoms with van der Waals surface area (Å²) in [5.74, 6) is -0.861. The number of aromatic amines is 1. The number of fused-ring (bicyclic) bond motifs is 1. The lowest BCUT2D eigenvalue weighted by atomic mass is 9.92. The van der Waals surface area contributed by atoms with Gasteiger partial charge in [-0.2, -0.15) is 10.5 Å². The molecule has 1 saturated heterocycles. The van der Waals surface area contributed by atoms with E-state index in [1.807, 2.05) is 0 Å². The average Bonchev–Trinajstić information content (AvgIpc) is 3.53. The maximum absolute atomic E-state index is 13.0. The van der Waals surface area contributed by atoms with Crippen molar-refractivity contribution < 1.29 is 14.4 Å². The number of aromatic nitrogens is 1. The molecule has 0 bridgehead atoms. The average molecular weight is 447 g/mol. The third-order valence-corrected chi connectivity index (χ3v) is 6.28. The van der Waals surface area contributed by atoms with Crippen molar-refractivity contribution in [2.24, 2.45) is 11.8 Å². The van der Waals surface area contributed by atoms with Crippen molar-refractivity contribution in [2.45, 2.75) is 50.6 Å². The van der Waals surface area contributed by atoms with Crippen LogP contribution in [0.25, 0.3) is 10.9 Å². The molecule has 2 aromatic rings. The van der Waals surface area contributed by atoms with Gasteiger partial charge in [-0.15, -0.1) is 0 Å². The molecule has 3 amide bonds. The summed E-state index contributed by atoms with van der Waals surface area (Å²) in [5.41, 5.74) is 1.44. The van der Waals surface area contributed by atoms with Crippen LogP contribution in [0.1, 0.15) is 54.6 Å². The van der Waals surface area contributed by atoms with Crippen molar-refractivity contribution in [3.63, 3.8) is 0 Å². The number of rotatable bonds is 8. The first-order chi connectivity index (χ1) is 16.0. The normalized spacial score (nSPS) is 19.6. The maximum Gasteiger partial charge on any atom is 0.268 e. The van der Waals surface area contributed by atoms with Gasteiger partial charge in [-0.25, -0.2) is 0 Å². The van der Waals surface area contributed by atoms with Crippen LogP contribution < -0.4 is 16.0 Å². The highest BCUT2D eigenvalue weighted by Crippen LogP contribution is 2.33. The molecule has 2 unspecified atom stereocenters. The molecule has 1 aliphatic carbocycles. The van der Waals surface area contributed by atoms with Gasteiger partial charge >= 0.3 is 0 Å². The quantitative estimate of drug-likeness (QED) is 0.488. The summed E-state index contributed by atoms with van der Waals surface area (Å²) in [4.78, 5) is 40.9. The minimum atomic E-state index is -0.803. The number of piperidine rings is 1. The summed E-state index contributed by atoms with van der Waals surface area (Å²) in [7, 11) is 0. The summed E-state index contributed by atoms with van der Waals surface area (Å²) in [5, 5.41) is 27.7. The number of carbonyl (C=O) groups excluding carboxylic acids is 3. The van der Waals surface area contributed by atoms with Crippen LogP contribution in [-0.4, -0.2) is 41.3 Å². The number of hydrogen-bond acceptors (Lipinski definition) is 5. The maximum atomic E-state index is 13.0. The van der Waals surface area contributed by atoms with E-state index in [-0.39, 0.29) is 18.2 Å². The number of nitrogens with one attached hydrogen (secondary N) is 4. The molecular weight excluding hydrogens is 420 g/mol. The van der Waals surface area contributed by atoms with Gasteiger partial charge in [-0.1, -0.05) is 18.9 Å². The van der Waals surface area contributed by atoms with Gasteiger partial charge in [0.25, 0.3) is 5.91 Å². The molecule has 2 fully saturated rings. The third kappa shape index (κ3) is 5.50. The van der Waals surface area contributed by atoms with E-state index in [0.29, 0.717) is 42.1 Å². The lowest BCUT2D eigenvalue weighted by molar-refractivity contribution is -0.128. The SMILES string of the molecule is N#Cc1ccc2cc(C(=O)NC(CC3CC3)C(=O)NC(C#N)C[C@@H]3CCCNC3=O)[nH]c2c1. The van der Waals surface area contributed by atoms with Gasteiger partial charge in [-0.05, 0) is 49.8 Å². The predicted molar refractivity (Wildman–Crippen MR) is 120 cm³/mol. The van der Waals surface area contributed by atoms with E-state index in [9.17, 15) is 19.6 Å². The smallest absolute Gasteiger partial charge is 0.268 e. The first-order valence-corrected chi connectivity index (χ1v) is 11.3. The Bertz CT molecular complexity index is 1150. The number of benzene rings is 1. The zero-order valence-electron chi connectivity index (χ0n) is 18.2. The standard InChI is InChI=1S/C24H26N6O3/c25-12-15-5-6-16-11-21(29-19(16)9-15)24(33)30-20(8-14-3-4-14)23(32)28-18(13-26)10-17-2-1-7-27-22(17)31/h5-6,9,11,14,17-18,20,29H,1-4,7-8,10H2,(H,27,31)(H,28,32)(H,30,33)/t17-,18?,20?/m0/s1. The van der Waals surface area contributed by atoms with E-state index in [2.05, 4.69) is 33.1 Å². The van der Waals surface area contributed by atoms with E-state index in [4.69, 9.17) is 5.26 Å². The van der Waals surface area contributed by atoms with E-state index < -0.39 is 23.9 Å². The number of nitriles is 2. The van der Waals surface area contributed by atoms with Gasteiger partial charge in [0.1, 0.15) is 17.8 Å². The highest BCUT2D eigenvalue weighted by Gasteiger charge is 2.33. The summed E-state index contributed by atoms with van der Waals surface area (Å²) >= 11 is 0. The molecule has 2 heterocycles. The second kappa shape index (κ2) is 9.74. The first-order valence-electron chi connectivity index (χ1n) is 11.3. The van der Waals surface area contributed by atoms with Crippen molar-refractivity contribution in [1.29, 1.82) is 10.5 Å². The van der Waals surface area contributed by atoms with Crippen LogP contribution in [0.5, 0.6) is 0 Å². The highest BCUT2D eigenvalue weighted by atomic mass is 16.2. The molecule has 0 radical (unpaired) electrons. The molecule has 2 aliphatic rings. The van der Waals surface area contributed by atoms with Crippen LogP contribution in [0, 0.1) is 34.5 Å². The van der Waals surface area contributed by atoms with Gasteiger partial charge in [0.05, 0.1) is 17.7 Å². The molecule has 33 heavy (non-hydrogen) atoms. The lowest BCUT2D eigenvalue weighted by Crippen LogP contribution is -2.50. The number of hydrogen-bond donors (Lipinski definition) is 4. The molecule has 1 saturated carbocycles. The second-order valence-electron chi connectivity index (χ2n) is 8.86. The Hall–Kier alpha value is -3.85. The molecule has 9 heteroatoms. The van der Waals surface area contributed by atoms with Crippen LogP contribution in [0.2, 0.25) is 0 Å². The summed E-state index contributed by atoms with van der Waals surface area (Å²) in [6.45, 7) is 0.639. The summed E-state index contributed by atoms with van der Waals surface area (Å²) < 4.78 is 0. The fourth-order valence-electron chi connectivity index (χ4n) is 4.23. The minimum Gasteiger partial charge on any atom is -0.356 e. The Labute approximate surface area is 191 Å². The number of amides is 3. The summed E-state index contributed by atoms with van der Waals surface area (Å²) in [6.07, 6.45) is 4.30. The van der Waals surface area contributed by atoms with E-state index in [0.717, 1.165) is 24.6 Å². The van der Waals surface area contributed by atoms with Crippen molar-refractivity contribution in [1.82, 2.24) is 20.9 Å². The Morgan fingerprint density at radius 2 is 1.94 bits per heavy atom. The molecule has 1 aliphatic heterocycles. The van der Waals surface area contributed by atoms with Crippen LogP contribution in [0.4, 0.5) is 0 Å². The Kier molecular flexibility index (Phi) is 6.60. The Morgan fingerprint density at radius 3 is 2.64 bits per heavy atom. The number of nitrogens with zero attached hydrogens (tertiary/aromatic N) is 2. The lowest BCUT2D eigenvalue weighted by Gasteiger charge is -2.25. The van der Waals surface area contributed by atoms with Crippen molar-refractivity contribution in [3.8, 4) is 12.1 Å². The Balaban J connectivity index is 1.43. The zero-order chi connectivity index (χ0) is 23.4. The van der Waals surface area contributed by atoms with Gasteiger partial charge in [0, 0.05) is 23.4 Å².